The molecule has 78 valence electrons. The van der Waals surface area contributed by atoms with E-state index in [4.69, 9.17) is 0 Å². The maximum atomic E-state index is 4.50. The van der Waals surface area contributed by atoms with Crippen molar-refractivity contribution >= 4 is 16.5 Å². The first-order valence-electron chi connectivity index (χ1n) is 4.88. The first-order valence-corrected chi connectivity index (χ1v) is 5.76. The van der Waals surface area contributed by atoms with Gasteiger partial charge < -0.3 is 5.32 Å². The van der Waals surface area contributed by atoms with E-state index in [1.54, 1.807) is 23.7 Å². The largest absolute Gasteiger partial charge is 0.359 e. The Bertz CT molecular complexity index is 422. The molecule has 1 N–H and O–H groups in total. The molecule has 2 rings (SSSR count). The first kappa shape index (κ1) is 10.1. The van der Waals surface area contributed by atoms with E-state index in [0.717, 1.165) is 16.4 Å². The molecule has 2 aromatic heterocycles. The zero-order valence-electron chi connectivity index (χ0n) is 8.77. The fourth-order valence-corrected chi connectivity index (χ4v) is 2.11. The zero-order valence-corrected chi connectivity index (χ0v) is 9.58. The van der Waals surface area contributed by atoms with Gasteiger partial charge in [-0.25, -0.2) is 4.98 Å². The lowest BCUT2D eigenvalue weighted by Gasteiger charge is -2.04. The van der Waals surface area contributed by atoms with Gasteiger partial charge in [0.2, 0.25) is 0 Å². The fourth-order valence-electron chi connectivity index (χ4n) is 1.24. The summed E-state index contributed by atoms with van der Waals surface area (Å²) in [5, 5.41) is 6.31. The van der Waals surface area contributed by atoms with Crippen LogP contribution in [0.15, 0.2) is 29.9 Å². The van der Waals surface area contributed by atoms with Crippen LogP contribution < -0.4 is 5.32 Å². The van der Waals surface area contributed by atoms with Gasteiger partial charge in [0, 0.05) is 29.4 Å². The highest BCUT2D eigenvalue weighted by atomic mass is 32.1. The summed E-state index contributed by atoms with van der Waals surface area (Å²) < 4.78 is 0. The summed E-state index contributed by atoms with van der Waals surface area (Å²) in [4.78, 5) is 8.49. The Balaban J connectivity index is 2.21. The number of hydrogen-bond donors (Lipinski definition) is 1. The minimum absolute atomic E-state index is 0.418. The number of hydrogen-bond acceptors (Lipinski definition) is 4. The minimum Gasteiger partial charge on any atom is -0.359 e. The Hall–Kier alpha value is -1.42. The molecule has 0 radical (unpaired) electrons. The first-order chi connectivity index (χ1) is 7.25. The van der Waals surface area contributed by atoms with E-state index in [2.05, 4.69) is 34.5 Å². The average Bonchev–Trinajstić information content (AvgIpc) is 2.67. The van der Waals surface area contributed by atoms with Crippen molar-refractivity contribution in [3.8, 4) is 11.3 Å². The van der Waals surface area contributed by atoms with Gasteiger partial charge in [0.1, 0.15) is 0 Å². The predicted molar refractivity (Wildman–Crippen MR) is 64.1 cm³/mol. The van der Waals surface area contributed by atoms with E-state index >= 15 is 0 Å². The molecule has 0 spiro atoms. The number of nitrogens with one attached hydrogen (secondary N) is 1. The van der Waals surface area contributed by atoms with Crippen molar-refractivity contribution in [1.29, 1.82) is 0 Å². The summed E-state index contributed by atoms with van der Waals surface area (Å²) in [5.41, 5.74) is 2.11. The smallest absolute Gasteiger partial charge is 0.183 e. The average molecular weight is 219 g/mol. The molecule has 15 heavy (non-hydrogen) atoms. The van der Waals surface area contributed by atoms with Gasteiger partial charge in [-0.2, -0.15) is 0 Å². The molecule has 0 aliphatic rings. The highest BCUT2D eigenvalue weighted by Gasteiger charge is 2.04. The van der Waals surface area contributed by atoms with E-state index in [1.807, 2.05) is 12.1 Å². The van der Waals surface area contributed by atoms with Gasteiger partial charge >= 0.3 is 0 Å². The molecule has 2 heterocycles. The maximum absolute atomic E-state index is 4.50. The van der Waals surface area contributed by atoms with Crippen LogP contribution in [0.1, 0.15) is 13.8 Å². The van der Waals surface area contributed by atoms with Gasteiger partial charge in [-0.1, -0.05) is 0 Å². The number of rotatable bonds is 3. The Kier molecular flexibility index (Phi) is 2.97. The summed E-state index contributed by atoms with van der Waals surface area (Å²) in [7, 11) is 0. The SMILES string of the molecule is CC(C)Nc1nc(-c2ccncc2)cs1. The molecule has 0 amide bonds. The van der Waals surface area contributed by atoms with Gasteiger partial charge in [0.25, 0.3) is 0 Å². The van der Waals surface area contributed by atoms with E-state index in [1.165, 1.54) is 0 Å². The van der Waals surface area contributed by atoms with E-state index in [-0.39, 0.29) is 0 Å². The lowest BCUT2D eigenvalue weighted by Crippen LogP contribution is -2.08. The van der Waals surface area contributed by atoms with Crippen LogP contribution in [0.2, 0.25) is 0 Å². The zero-order chi connectivity index (χ0) is 10.7. The standard InChI is InChI=1S/C11H13N3S/c1-8(2)13-11-14-10(7-15-11)9-3-5-12-6-4-9/h3-8H,1-2H3,(H,13,14). The summed E-state index contributed by atoms with van der Waals surface area (Å²) in [5.74, 6) is 0. The lowest BCUT2D eigenvalue weighted by atomic mass is 10.2. The van der Waals surface area contributed by atoms with Crippen LogP contribution in [0.3, 0.4) is 0 Å². The minimum atomic E-state index is 0.418. The molecule has 0 saturated heterocycles. The highest BCUT2D eigenvalue weighted by Crippen LogP contribution is 2.24. The maximum Gasteiger partial charge on any atom is 0.183 e. The van der Waals surface area contributed by atoms with E-state index < -0.39 is 0 Å². The molecule has 2 aromatic rings. The van der Waals surface area contributed by atoms with Crippen molar-refractivity contribution < 1.29 is 0 Å². The van der Waals surface area contributed by atoms with Crippen LogP contribution in [0.4, 0.5) is 5.13 Å². The molecule has 0 fully saturated rings. The van der Waals surface area contributed by atoms with Crippen molar-refractivity contribution in [2.75, 3.05) is 5.32 Å². The number of anilines is 1. The molecule has 0 unspecified atom stereocenters. The Morgan fingerprint density at radius 1 is 1.27 bits per heavy atom. The van der Waals surface area contributed by atoms with E-state index in [0.29, 0.717) is 6.04 Å². The second-order valence-corrected chi connectivity index (χ2v) is 4.43. The molecule has 0 aliphatic heterocycles. The molecule has 0 atom stereocenters. The van der Waals surface area contributed by atoms with Crippen molar-refractivity contribution in [1.82, 2.24) is 9.97 Å². The summed E-state index contributed by atoms with van der Waals surface area (Å²) >= 11 is 1.63. The van der Waals surface area contributed by atoms with Crippen molar-refractivity contribution in [3.05, 3.63) is 29.9 Å². The van der Waals surface area contributed by atoms with Gasteiger partial charge in [-0.15, -0.1) is 11.3 Å². The summed E-state index contributed by atoms with van der Waals surface area (Å²) in [6.45, 7) is 4.21. The molecule has 0 saturated carbocycles. The number of nitrogens with zero attached hydrogens (tertiary/aromatic N) is 2. The quantitative estimate of drug-likeness (QED) is 0.862. The van der Waals surface area contributed by atoms with Gasteiger partial charge in [0.05, 0.1) is 5.69 Å². The van der Waals surface area contributed by atoms with Crippen molar-refractivity contribution in [3.63, 3.8) is 0 Å². The third-order valence-electron chi connectivity index (χ3n) is 1.89. The van der Waals surface area contributed by atoms with Crippen LogP contribution in [-0.4, -0.2) is 16.0 Å². The third kappa shape index (κ3) is 2.53. The molecule has 0 bridgehead atoms. The normalized spacial score (nSPS) is 10.6. The molecule has 0 aliphatic carbocycles. The topological polar surface area (TPSA) is 37.8 Å². The fraction of sp³-hybridized carbons (Fsp3) is 0.273. The van der Waals surface area contributed by atoms with Gasteiger partial charge in [0.15, 0.2) is 5.13 Å². The Morgan fingerprint density at radius 3 is 2.67 bits per heavy atom. The molecule has 0 aromatic carbocycles. The monoisotopic (exact) mass is 219 g/mol. The van der Waals surface area contributed by atoms with Crippen molar-refractivity contribution in [2.45, 2.75) is 19.9 Å². The highest BCUT2D eigenvalue weighted by molar-refractivity contribution is 7.14. The van der Waals surface area contributed by atoms with Crippen molar-refractivity contribution in [2.24, 2.45) is 0 Å². The van der Waals surface area contributed by atoms with Crippen LogP contribution in [0, 0.1) is 0 Å². The van der Waals surface area contributed by atoms with Gasteiger partial charge in [-0.3, -0.25) is 4.98 Å². The second kappa shape index (κ2) is 4.40. The van der Waals surface area contributed by atoms with Crippen LogP contribution in [-0.2, 0) is 0 Å². The molecular weight excluding hydrogens is 206 g/mol. The molecule has 4 heteroatoms. The predicted octanol–water partition coefficient (Wildman–Crippen LogP) is 3.03. The number of thiazole rings is 1. The van der Waals surface area contributed by atoms with Crippen LogP contribution in [0.5, 0.6) is 0 Å². The van der Waals surface area contributed by atoms with Crippen LogP contribution in [0.25, 0.3) is 11.3 Å². The Labute approximate surface area is 93.2 Å². The number of pyridine rings is 1. The van der Waals surface area contributed by atoms with Crippen LogP contribution >= 0.6 is 11.3 Å². The molecule has 3 nitrogen and oxygen atoms in total. The summed E-state index contributed by atoms with van der Waals surface area (Å²) in [6.07, 6.45) is 3.56. The van der Waals surface area contributed by atoms with E-state index in [9.17, 15) is 0 Å². The Morgan fingerprint density at radius 2 is 2.00 bits per heavy atom. The van der Waals surface area contributed by atoms with Gasteiger partial charge in [-0.05, 0) is 26.0 Å². The number of aromatic nitrogens is 2. The summed E-state index contributed by atoms with van der Waals surface area (Å²) in [6, 6.07) is 4.35. The third-order valence-corrected chi connectivity index (χ3v) is 2.67. The second-order valence-electron chi connectivity index (χ2n) is 3.57. The lowest BCUT2D eigenvalue weighted by molar-refractivity contribution is 0.897. The molecular formula is C11H13N3S.